The van der Waals surface area contributed by atoms with Crippen LogP contribution in [0, 0.1) is 11.3 Å². The summed E-state index contributed by atoms with van der Waals surface area (Å²) >= 11 is 1.28. The van der Waals surface area contributed by atoms with E-state index in [1.54, 1.807) is 11.6 Å². The van der Waals surface area contributed by atoms with Crippen LogP contribution in [0.15, 0.2) is 34.2 Å². The van der Waals surface area contributed by atoms with Gasteiger partial charge in [-0.15, -0.1) is 10.2 Å². The van der Waals surface area contributed by atoms with E-state index >= 15 is 0 Å². The molecular weight excluding hydrogens is 388 g/mol. The Labute approximate surface area is 173 Å². The molecule has 1 aromatic carbocycles. The van der Waals surface area contributed by atoms with Gasteiger partial charge < -0.3 is 4.90 Å². The van der Waals surface area contributed by atoms with E-state index < -0.39 is 0 Å². The maximum atomic E-state index is 13.0. The Morgan fingerprint density at radius 1 is 1.28 bits per heavy atom. The number of benzene rings is 1. The zero-order valence-corrected chi connectivity index (χ0v) is 17.5. The lowest BCUT2D eigenvalue weighted by molar-refractivity contribution is -0.127. The van der Waals surface area contributed by atoms with Crippen LogP contribution >= 0.6 is 11.8 Å². The number of rotatable bonds is 9. The highest BCUT2D eigenvalue weighted by molar-refractivity contribution is 7.99. The molecule has 0 saturated carbocycles. The van der Waals surface area contributed by atoms with Crippen molar-refractivity contribution in [2.24, 2.45) is 0 Å². The summed E-state index contributed by atoms with van der Waals surface area (Å²) in [6.07, 6.45) is 3.29. The second-order valence-corrected chi connectivity index (χ2v) is 7.75. The average Bonchev–Trinajstić information content (AvgIpc) is 3.16. The molecule has 2 heterocycles. The van der Waals surface area contributed by atoms with E-state index in [1.165, 1.54) is 16.7 Å². The van der Waals surface area contributed by atoms with Crippen LogP contribution in [0.25, 0.3) is 16.7 Å². The summed E-state index contributed by atoms with van der Waals surface area (Å²) in [5.41, 5.74) is 0.664. The average molecular weight is 413 g/mol. The monoisotopic (exact) mass is 412 g/mol. The molecule has 3 aromatic rings. The number of aryl methyl sites for hydroxylation is 1. The maximum Gasteiger partial charge on any atom is 0.262 e. The number of carbonyl (C=O) groups is 1. The summed E-state index contributed by atoms with van der Waals surface area (Å²) in [7, 11) is 1.68. The smallest absolute Gasteiger partial charge is 0.262 e. The Hall–Kier alpha value is -2.86. The first-order chi connectivity index (χ1) is 14.1. The molecule has 0 N–H and O–H groups in total. The van der Waals surface area contributed by atoms with E-state index in [1.807, 2.05) is 34.7 Å². The van der Waals surface area contributed by atoms with Crippen LogP contribution in [-0.4, -0.2) is 49.3 Å². The van der Waals surface area contributed by atoms with E-state index in [4.69, 9.17) is 5.26 Å². The fraction of sp³-hybridized carbons (Fsp3) is 0.450. The number of hydrogen-bond donors (Lipinski definition) is 0. The van der Waals surface area contributed by atoms with E-state index in [9.17, 15) is 9.59 Å². The number of fused-ring (bicyclic) bond motifs is 3. The molecule has 0 aliphatic heterocycles. The van der Waals surface area contributed by atoms with Crippen LogP contribution < -0.4 is 5.56 Å². The predicted molar refractivity (Wildman–Crippen MR) is 113 cm³/mol. The number of para-hydroxylation sites is 1. The van der Waals surface area contributed by atoms with Crippen LogP contribution in [0.1, 0.15) is 32.6 Å². The summed E-state index contributed by atoms with van der Waals surface area (Å²) < 4.78 is 3.53. The third kappa shape index (κ3) is 4.43. The maximum absolute atomic E-state index is 13.0. The van der Waals surface area contributed by atoms with Crippen molar-refractivity contribution < 1.29 is 4.79 Å². The van der Waals surface area contributed by atoms with Crippen LogP contribution in [0.2, 0.25) is 0 Å². The molecule has 0 aliphatic rings. The zero-order chi connectivity index (χ0) is 20.8. The number of nitrogens with zero attached hydrogens (tertiary/aromatic N) is 6. The molecular formula is C20H24N6O2S. The minimum absolute atomic E-state index is 0.0690. The van der Waals surface area contributed by atoms with Crippen molar-refractivity contribution in [3.8, 4) is 6.07 Å². The normalized spacial score (nSPS) is 11.1. The largest absolute Gasteiger partial charge is 0.344 e. The molecule has 0 saturated heterocycles. The van der Waals surface area contributed by atoms with Gasteiger partial charge in [-0.25, -0.2) is 0 Å². The first kappa shape index (κ1) is 20.9. The Kier molecular flexibility index (Phi) is 6.88. The molecule has 0 bridgehead atoms. The molecule has 1 amide bonds. The summed E-state index contributed by atoms with van der Waals surface area (Å²) in [6, 6.07) is 9.43. The number of unbranched alkanes of at least 4 members (excludes halogenated alkanes) is 2. The number of nitriles is 1. The van der Waals surface area contributed by atoms with Crippen molar-refractivity contribution in [2.45, 2.75) is 44.3 Å². The molecule has 0 radical (unpaired) electrons. The van der Waals surface area contributed by atoms with Gasteiger partial charge in [0.2, 0.25) is 11.7 Å². The van der Waals surface area contributed by atoms with Crippen molar-refractivity contribution in [1.29, 1.82) is 5.26 Å². The molecule has 0 atom stereocenters. The van der Waals surface area contributed by atoms with Gasteiger partial charge in [0.15, 0.2) is 5.16 Å². The predicted octanol–water partition coefficient (Wildman–Crippen LogP) is 2.70. The molecule has 0 fully saturated rings. The molecule has 2 aromatic heterocycles. The first-order valence-corrected chi connectivity index (χ1v) is 10.7. The summed E-state index contributed by atoms with van der Waals surface area (Å²) in [4.78, 5) is 26.9. The highest BCUT2D eigenvalue weighted by atomic mass is 32.2. The van der Waals surface area contributed by atoms with Crippen LogP contribution in [-0.2, 0) is 11.3 Å². The molecule has 0 aliphatic carbocycles. The molecule has 8 nitrogen and oxygen atoms in total. The quantitative estimate of drug-likeness (QED) is 0.396. The third-order valence-corrected chi connectivity index (χ3v) is 5.69. The van der Waals surface area contributed by atoms with Gasteiger partial charge in [0.05, 0.1) is 29.1 Å². The second kappa shape index (κ2) is 9.56. The van der Waals surface area contributed by atoms with Crippen molar-refractivity contribution in [3.63, 3.8) is 0 Å². The van der Waals surface area contributed by atoms with Gasteiger partial charge in [-0.1, -0.05) is 43.7 Å². The van der Waals surface area contributed by atoms with E-state index in [-0.39, 0.29) is 17.2 Å². The topological polar surface area (TPSA) is 96.3 Å². The highest BCUT2D eigenvalue weighted by Gasteiger charge is 2.18. The van der Waals surface area contributed by atoms with Crippen LogP contribution in [0.3, 0.4) is 0 Å². The first-order valence-electron chi connectivity index (χ1n) is 9.68. The molecule has 9 heteroatoms. The Morgan fingerprint density at radius 2 is 2.07 bits per heavy atom. The Balaban J connectivity index is 1.96. The Morgan fingerprint density at radius 3 is 2.83 bits per heavy atom. The van der Waals surface area contributed by atoms with E-state index in [2.05, 4.69) is 17.1 Å². The number of carbonyl (C=O) groups excluding carboxylic acids is 1. The van der Waals surface area contributed by atoms with Crippen molar-refractivity contribution in [1.82, 2.24) is 24.1 Å². The number of aromatic nitrogens is 4. The number of amides is 1. The molecule has 3 rings (SSSR count). The van der Waals surface area contributed by atoms with Crippen LogP contribution in [0.5, 0.6) is 0 Å². The standard InChI is InChI=1S/C20H24N6O2S/c1-3-4-7-13-25-18(28)15-9-5-6-10-16(15)26-19(25)22-23-20(26)29-14-17(27)24(2)12-8-11-21/h5-6,9-10H,3-4,7-8,12-14H2,1-2H3. The lowest BCUT2D eigenvalue weighted by Crippen LogP contribution is -2.29. The van der Waals surface area contributed by atoms with Crippen LogP contribution in [0.4, 0.5) is 0 Å². The van der Waals surface area contributed by atoms with Crippen molar-refractivity contribution in [3.05, 3.63) is 34.6 Å². The molecule has 0 spiro atoms. The third-order valence-electron chi connectivity index (χ3n) is 4.77. The summed E-state index contributed by atoms with van der Waals surface area (Å²) in [5, 5.41) is 18.4. The van der Waals surface area contributed by atoms with Gasteiger partial charge in [0.25, 0.3) is 5.56 Å². The Bertz CT molecular complexity index is 1110. The van der Waals surface area contributed by atoms with Crippen molar-refractivity contribution >= 4 is 34.3 Å². The summed E-state index contributed by atoms with van der Waals surface area (Å²) in [5.74, 6) is 0.603. The highest BCUT2D eigenvalue weighted by Crippen LogP contribution is 2.22. The van der Waals surface area contributed by atoms with Gasteiger partial charge in [-0.3, -0.25) is 18.6 Å². The number of hydrogen-bond acceptors (Lipinski definition) is 6. The fourth-order valence-electron chi connectivity index (χ4n) is 3.13. The molecule has 0 unspecified atom stereocenters. The zero-order valence-electron chi connectivity index (χ0n) is 16.7. The summed E-state index contributed by atoms with van der Waals surface area (Å²) in [6.45, 7) is 3.10. The molecule has 29 heavy (non-hydrogen) atoms. The minimum Gasteiger partial charge on any atom is -0.344 e. The molecule has 152 valence electrons. The lowest BCUT2D eigenvalue weighted by Gasteiger charge is -2.15. The fourth-order valence-corrected chi connectivity index (χ4v) is 4.01. The van der Waals surface area contributed by atoms with Crippen molar-refractivity contribution in [2.75, 3.05) is 19.3 Å². The second-order valence-electron chi connectivity index (χ2n) is 6.81. The van der Waals surface area contributed by atoms with Gasteiger partial charge >= 0.3 is 0 Å². The van der Waals surface area contributed by atoms with Gasteiger partial charge in [-0.2, -0.15) is 5.26 Å². The number of thioether (sulfide) groups is 1. The van der Waals surface area contributed by atoms with E-state index in [0.29, 0.717) is 35.8 Å². The van der Waals surface area contributed by atoms with Gasteiger partial charge in [0, 0.05) is 20.1 Å². The SMILES string of the molecule is CCCCCn1c(=O)c2ccccc2n2c(SCC(=O)N(C)CCC#N)nnc12. The van der Waals surface area contributed by atoms with E-state index in [0.717, 1.165) is 24.8 Å². The minimum atomic E-state index is -0.0810. The lowest BCUT2D eigenvalue weighted by atomic mass is 10.2. The van der Waals surface area contributed by atoms with Gasteiger partial charge in [0.1, 0.15) is 0 Å². The van der Waals surface area contributed by atoms with Gasteiger partial charge in [-0.05, 0) is 18.6 Å².